The van der Waals surface area contributed by atoms with Crippen LogP contribution in [0.25, 0.3) is 10.2 Å². The minimum absolute atomic E-state index is 0.572. The fraction of sp³-hybridized carbons (Fsp3) is 0.385. The lowest BCUT2D eigenvalue weighted by Crippen LogP contribution is -2.26. The molecule has 1 saturated heterocycles. The molecule has 1 fully saturated rings. The highest BCUT2D eigenvalue weighted by Crippen LogP contribution is 2.28. The normalized spacial score (nSPS) is 17.4. The second-order valence-corrected chi connectivity index (χ2v) is 5.48. The van der Waals surface area contributed by atoms with Crippen LogP contribution in [0.15, 0.2) is 18.2 Å². The number of pyridine rings is 1. The van der Waals surface area contributed by atoms with Crippen molar-refractivity contribution in [3.05, 3.63) is 28.8 Å². The second kappa shape index (κ2) is 4.55. The first-order valence-corrected chi connectivity index (χ1v) is 6.75. The van der Waals surface area contributed by atoms with E-state index in [1.807, 2.05) is 6.07 Å². The van der Waals surface area contributed by atoms with Gasteiger partial charge in [-0.25, -0.2) is 4.98 Å². The maximum atomic E-state index is 10.7. The molecule has 3 rings (SSSR count). The third-order valence-electron chi connectivity index (χ3n) is 3.30. The molecule has 0 bridgehead atoms. The fourth-order valence-corrected chi connectivity index (χ4v) is 3.21. The van der Waals surface area contributed by atoms with Gasteiger partial charge >= 0.3 is 0 Å². The number of carbonyl (C=O) groups is 1. The van der Waals surface area contributed by atoms with E-state index in [4.69, 9.17) is 4.98 Å². The number of aldehydes is 1. The first-order chi connectivity index (χ1) is 8.36. The van der Waals surface area contributed by atoms with Crippen molar-refractivity contribution in [3.63, 3.8) is 0 Å². The summed E-state index contributed by atoms with van der Waals surface area (Å²) in [5.74, 6) is 0.572. The number of carbonyl (C=O) groups excluding carboxylic acids is 1. The van der Waals surface area contributed by atoms with Gasteiger partial charge in [0.05, 0.1) is 4.88 Å². The first-order valence-electron chi connectivity index (χ1n) is 5.93. The summed E-state index contributed by atoms with van der Waals surface area (Å²) in [5, 5.41) is 4.44. The third-order valence-corrected chi connectivity index (χ3v) is 4.27. The lowest BCUT2D eigenvalue weighted by molar-refractivity contribution is 0.112. The van der Waals surface area contributed by atoms with E-state index in [2.05, 4.69) is 17.4 Å². The van der Waals surface area contributed by atoms with Crippen molar-refractivity contribution in [1.29, 1.82) is 0 Å². The number of nitrogens with zero attached hydrogens (tertiary/aromatic N) is 1. The van der Waals surface area contributed by atoms with Crippen LogP contribution in [0.2, 0.25) is 0 Å². The Bertz CT molecular complexity index is 543. The smallest absolute Gasteiger partial charge is 0.160 e. The van der Waals surface area contributed by atoms with Gasteiger partial charge in [-0.15, -0.1) is 11.3 Å². The Balaban J connectivity index is 1.97. The van der Waals surface area contributed by atoms with Crippen molar-refractivity contribution < 1.29 is 4.79 Å². The minimum atomic E-state index is 0.572. The summed E-state index contributed by atoms with van der Waals surface area (Å²) in [6.07, 6.45) is 3.21. The van der Waals surface area contributed by atoms with Gasteiger partial charge < -0.3 is 5.32 Å². The Morgan fingerprint density at radius 2 is 2.18 bits per heavy atom. The second-order valence-electron chi connectivity index (χ2n) is 4.42. The number of rotatable bonds is 2. The number of nitrogens with one attached hydrogen (secondary N) is 1. The van der Waals surface area contributed by atoms with Gasteiger partial charge in [-0.3, -0.25) is 4.79 Å². The predicted octanol–water partition coefficient (Wildman–Crippen LogP) is 2.58. The molecule has 1 aliphatic heterocycles. The minimum Gasteiger partial charge on any atom is -0.317 e. The van der Waals surface area contributed by atoms with Gasteiger partial charge in [0.2, 0.25) is 0 Å². The molecule has 0 saturated carbocycles. The van der Waals surface area contributed by atoms with Crippen LogP contribution in [-0.2, 0) is 0 Å². The molecular weight excluding hydrogens is 232 g/mol. The zero-order valence-electron chi connectivity index (χ0n) is 9.48. The summed E-state index contributed by atoms with van der Waals surface area (Å²) in [6.45, 7) is 2.16. The van der Waals surface area contributed by atoms with E-state index in [1.165, 1.54) is 17.0 Å². The van der Waals surface area contributed by atoms with Crippen molar-refractivity contribution in [2.75, 3.05) is 13.1 Å². The van der Waals surface area contributed by atoms with Gasteiger partial charge in [0.1, 0.15) is 4.83 Å². The molecule has 2 aromatic heterocycles. The monoisotopic (exact) mass is 246 g/mol. The largest absolute Gasteiger partial charge is 0.317 e. The summed E-state index contributed by atoms with van der Waals surface area (Å²) >= 11 is 1.48. The number of hydrogen-bond acceptors (Lipinski definition) is 4. The standard InChI is InChI=1S/C13H14N2OS/c16-8-11-7-10-1-2-12(15-13(10)17-11)9-3-5-14-6-4-9/h1-2,7-9,14H,3-6H2. The van der Waals surface area contributed by atoms with Crippen LogP contribution in [0.5, 0.6) is 0 Å². The number of fused-ring (bicyclic) bond motifs is 1. The fourth-order valence-electron chi connectivity index (χ4n) is 2.35. The molecule has 0 aromatic carbocycles. The van der Waals surface area contributed by atoms with Gasteiger partial charge in [0.15, 0.2) is 6.29 Å². The molecule has 88 valence electrons. The Labute approximate surface area is 104 Å². The molecule has 0 radical (unpaired) electrons. The Hall–Kier alpha value is -1.26. The van der Waals surface area contributed by atoms with Crippen LogP contribution >= 0.6 is 11.3 Å². The summed E-state index contributed by atoms with van der Waals surface area (Å²) < 4.78 is 0. The highest BCUT2D eigenvalue weighted by atomic mass is 32.1. The zero-order valence-corrected chi connectivity index (χ0v) is 10.3. The van der Waals surface area contributed by atoms with E-state index in [9.17, 15) is 4.79 Å². The lowest BCUT2D eigenvalue weighted by atomic mass is 9.94. The van der Waals surface area contributed by atoms with Gasteiger partial charge in [-0.05, 0) is 38.1 Å². The molecule has 0 unspecified atom stereocenters. The number of thiophene rings is 1. The number of aromatic nitrogens is 1. The van der Waals surface area contributed by atoms with Crippen LogP contribution in [0, 0.1) is 0 Å². The summed E-state index contributed by atoms with van der Waals surface area (Å²) in [7, 11) is 0. The van der Waals surface area contributed by atoms with Crippen LogP contribution in [0.1, 0.15) is 34.1 Å². The van der Waals surface area contributed by atoms with E-state index in [0.29, 0.717) is 5.92 Å². The Morgan fingerprint density at radius 1 is 1.35 bits per heavy atom. The topological polar surface area (TPSA) is 42.0 Å². The predicted molar refractivity (Wildman–Crippen MR) is 69.9 cm³/mol. The van der Waals surface area contributed by atoms with E-state index >= 15 is 0 Å². The summed E-state index contributed by atoms with van der Waals surface area (Å²) in [5.41, 5.74) is 1.18. The maximum absolute atomic E-state index is 10.7. The highest BCUT2D eigenvalue weighted by Gasteiger charge is 2.17. The van der Waals surface area contributed by atoms with Crippen molar-refractivity contribution in [2.45, 2.75) is 18.8 Å². The summed E-state index contributed by atoms with van der Waals surface area (Å²) in [6, 6.07) is 6.11. The third kappa shape index (κ3) is 2.10. The van der Waals surface area contributed by atoms with Gasteiger partial charge in [-0.2, -0.15) is 0 Å². The van der Waals surface area contributed by atoms with Crippen LogP contribution < -0.4 is 5.32 Å². The van der Waals surface area contributed by atoms with Crippen molar-refractivity contribution in [3.8, 4) is 0 Å². The molecule has 3 heterocycles. The van der Waals surface area contributed by atoms with Crippen molar-refractivity contribution in [2.24, 2.45) is 0 Å². The Kier molecular flexibility index (Phi) is 2.91. The average Bonchev–Trinajstić information content (AvgIpc) is 2.81. The van der Waals surface area contributed by atoms with Gasteiger partial charge in [0, 0.05) is 17.0 Å². The molecule has 17 heavy (non-hydrogen) atoms. The zero-order chi connectivity index (χ0) is 11.7. The van der Waals surface area contributed by atoms with Crippen LogP contribution in [0.3, 0.4) is 0 Å². The number of hydrogen-bond donors (Lipinski definition) is 1. The molecule has 1 N–H and O–H groups in total. The van der Waals surface area contributed by atoms with E-state index in [0.717, 1.165) is 47.3 Å². The van der Waals surface area contributed by atoms with E-state index < -0.39 is 0 Å². The quantitative estimate of drug-likeness (QED) is 0.828. The van der Waals surface area contributed by atoms with E-state index in [1.54, 1.807) is 0 Å². The number of piperidine rings is 1. The maximum Gasteiger partial charge on any atom is 0.160 e. The average molecular weight is 246 g/mol. The van der Waals surface area contributed by atoms with E-state index in [-0.39, 0.29) is 0 Å². The summed E-state index contributed by atoms with van der Waals surface area (Å²) in [4.78, 5) is 17.2. The molecule has 3 nitrogen and oxygen atoms in total. The molecule has 0 aliphatic carbocycles. The molecule has 2 aromatic rings. The first kappa shape index (κ1) is 10.9. The molecular formula is C13H14N2OS. The highest BCUT2D eigenvalue weighted by molar-refractivity contribution is 7.20. The van der Waals surface area contributed by atoms with Crippen LogP contribution in [-0.4, -0.2) is 24.4 Å². The van der Waals surface area contributed by atoms with Gasteiger partial charge in [-0.1, -0.05) is 6.07 Å². The molecule has 0 amide bonds. The molecule has 4 heteroatoms. The molecule has 0 spiro atoms. The molecule has 0 atom stereocenters. The van der Waals surface area contributed by atoms with Crippen LogP contribution in [0.4, 0.5) is 0 Å². The SMILES string of the molecule is O=Cc1cc2ccc(C3CCNCC3)nc2s1. The lowest BCUT2D eigenvalue weighted by Gasteiger charge is -2.21. The molecule has 1 aliphatic rings. The van der Waals surface area contributed by atoms with Crippen molar-refractivity contribution >= 4 is 27.8 Å². The van der Waals surface area contributed by atoms with Gasteiger partial charge in [0.25, 0.3) is 0 Å². The Morgan fingerprint density at radius 3 is 2.94 bits per heavy atom. The van der Waals surface area contributed by atoms with Crippen molar-refractivity contribution in [1.82, 2.24) is 10.3 Å².